The van der Waals surface area contributed by atoms with Gasteiger partial charge in [-0.1, -0.05) is 22.0 Å². The van der Waals surface area contributed by atoms with E-state index in [0.29, 0.717) is 30.2 Å². The number of morpholine rings is 1. The third kappa shape index (κ3) is 3.71. The van der Waals surface area contributed by atoms with E-state index in [1.165, 1.54) is 0 Å². The second-order valence-electron chi connectivity index (χ2n) is 5.79. The molecule has 6 heteroatoms. The molecule has 3 N–H and O–H groups in total. The van der Waals surface area contributed by atoms with E-state index in [9.17, 15) is 4.79 Å². The molecule has 24 heavy (non-hydrogen) atoms. The van der Waals surface area contributed by atoms with Crippen molar-refractivity contribution in [3.8, 4) is 0 Å². The third-order valence-electron chi connectivity index (χ3n) is 4.05. The minimum atomic E-state index is -0.181. The van der Waals surface area contributed by atoms with Crippen LogP contribution in [0.3, 0.4) is 0 Å². The lowest BCUT2D eigenvalue weighted by molar-refractivity contribution is 0.102. The van der Waals surface area contributed by atoms with E-state index in [0.717, 1.165) is 28.8 Å². The van der Waals surface area contributed by atoms with E-state index >= 15 is 0 Å². The summed E-state index contributed by atoms with van der Waals surface area (Å²) in [5.41, 5.74) is 10.1. The van der Waals surface area contributed by atoms with Crippen molar-refractivity contribution in [2.75, 3.05) is 42.3 Å². The molecule has 0 atom stereocenters. The van der Waals surface area contributed by atoms with Gasteiger partial charge in [0, 0.05) is 28.8 Å². The number of nitrogens with zero attached hydrogens (tertiary/aromatic N) is 1. The molecule has 0 saturated carbocycles. The Morgan fingerprint density at radius 3 is 2.71 bits per heavy atom. The Morgan fingerprint density at radius 2 is 2.00 bits per heavy atom. The van der Waals surface area contributed by atoms with Crippen LogP contribution in [-0.4, -0.2) is 32.2 Å². The Labute approximate surface area is 149 Å². The lowest BCUT2D eigenvalue weighted by Gasteiger charge is -2.30. The normalized spacial score (nSPS) is 14.5. The summed E-state index contributed by atoms with van der Waals surface area (Å²) >= 11 is 3.38. The number of halogens is 1. The molecular formula is C18H20BrN3O2. The number of aryl methyl sites for hydroxylation is 1. The smallest absolute Gasteiger partial charge is 0.255 e. The van der Waals surface area contributed by atoms with E-state index in [-0.39, 0.29) is 5.91 Å². The number of hydrogen-bond acceptors (Lipinski definition) is 4. The van der Waals surface area contributed by atoms with Gasteiger partial charge in [0.2, 0.25) is 0 Å². The molecule has 0 radical (unpaired) electrons. The first kappa shape index (κ1) is 16.8. The zero-order chi connectivity index (χ0) is 17.1. The molecule has 1 amide bonds. The molecule has 1 fully saturated rings. The Hall–Kier alpha value is -2.05. The van der Waals surface area contributed by atoms with Crippen molar-refractivity contribution in [2.24, 2.45) is 0 Å². The van der Waals surface area contributed by atoms with Crippen molar-refractivity contribution in [1.29, 1.82) is 0 Å². The van der Waals surface area contributed by atoms with Gasteiger partial charge in [-0.3, -0.25) is 4.79 Å². The zero-order valence-electron chi connectivity index (χ0n) is 13.5. The molecule has 0 aromatic heterocycles. The molecular weight excluding hydrogens is 370 g/mol. The van der Waals surface area contributed by atoms with Crippen molar-refractivity contribution in [3.05, 3.63) is 52.0 Å². The number of nitrogens with two attached hydrogens (primary N) is 1. The highest BCUT2D eigenvalue weighted by Crippen LogP contribution is 2.30. The van der Waals surface area contributed by atoms with E-state index in [4.69, 9.17) is 10.5 Å². The van der Waals surface area contributed by atoms with Gasteiger partial charge >= 0.3 is 0 Å². The lowest BCUT2D eigenvalue weighted by atomic mass is 10.1. The second-order valence-corrected chi connectivity index (χ2v) is 6.71. The Bertz CT molecular complexity index is 758. The van der Waals surface area contributed by atoms with Crippen LogP contribution in [0.2, 0.25) is 0 Å². The van der Waals surface area contributed by atoms with Gasteiger partial charge in [-0.05, 0) is 42.8 Å². The average Bonchev–Trinajstić information content (AvgIpc) is 2.58. The van der Waals surface area contributed by atoms with Crippen LogP contribution in [0.5, 0.6) is 0 Å². The highest BCUT2D eigenvalue weighted by Gasteiger charge is 2.16. The van der Waals surface area contributed by atoms with Crippen LogP contribution in [0.15, 0.2) is 40.9 Å². The fraction of sp³-hybridized carbons (Fsp3) is 0.278. The number of benzene rings is 2. The summed E-state index contributed by atoms with van der Waals surface area (Å²) in [6.07, 6.45) is 0. The fourth-order valence-electron chi connectivity index (χ4n) is 2.80. The molecule has 0 bridgehead atoms. The summed E-state index contributed by atoms with van der Waals surface area (Å²) in [7, 11) is 0. The maximum absolute atomic E-state index is 12.5. The molecule has 2 aromatic rings. The van der Waals surface area contributed by atoms with Gasteiger partial charge in [0.15, 0.2) is 0 Å². The first-order valence-corrected chi connectivity index (χ1v) is 8.63. The summed E-state index contributed by atoms with van der Waals surface area (Å²) in [6, 6.07) is 11.1. The summed E-state index contributed by atoms with van der Waals surface area (Å²) < 4.78 is 6.27. The van der Waals surface area contributed by atoms with Gasteiger partial charge in [-0.2, -0.15) is 0 Å². The van der Waals surface area contributed by atoms with Gasteiger partial charge in [0.05, 0.1) is 24.6 Å². The van der Waals surface area contributed by atoms with Crippen molar-refractivity contribution in [3.63, 3.8) is 0 Å². The molecule has 2 aromatic carbocycles. The number of rotatable bonds is 3. The number of anilines is 3. The Morgan fingerprint density at radius 1 is 1.25 bits per heavy atom. The van der Waals surface area contributed by atoms with Gasteiger partial charge in [-0.25, -0.2) is 0 Å². The monoisotopic (exact) mass is 389 g/mol. The first-order chi connectivity index (χ1) is 11.5. The van der Waals surface area contributed by atoms with Gasteiger partial charge < -0.3 is 20.7 Å². The maximum atomic E-state index is 12.5. The molecule has 5 nitrogen and oxygen atoms in total. The minimum Gasteiger partial charge on any atom is -0.397 e. The van der Waals surface area contributed by atoms with E-state index in [1.807, 2.05) is 31.2 Å². The highest BCUT2D eigenvalue weighted by molar-refractivity contribution is 9.10. The fourth-order valence-corrected chi connectivity index (χ4v) is 3.20. The van der Waals surface area contributed by atoms with E-state index < -0.39 is 0 Å². The molecule has 0 unspecified atom stereocenters. The van der Waals surface area contributed by atoms with Crippen molar-refractivity contribution >= 4 is 38.9 Å². The van der Waals surface area contributed by atoms with Crippen LogP contribution in [0.4, 0.5) is 17.1 Å². The van der Waals surface area contributed by atoms with Crippen LogP contribution in [0.1, 0.15) is 15.9 Å². The van der Waals surface area contributed by atoms with E-state index in [1.54, 1.807) is 12.1 Å². The number of nitrogens with one attached hydrogen (secondary N) is 1. The number of carbonyl (C=O) groups is 1. The largest absolute Gasteiger partial charge is 0.397 e. The van der Waals surface area contributed by atoms with E-state index in [2.05, 4.69) is 26.1 Å². The molecule has 1 heterocycles. The molecule has 3 rings (SSSR count). The molecule has 126 valence electrons. The number of amides is 1. The lowest BCUT2D eigenvalue weighted by Crippen LogP contribution is -2.36. The number of hydrogen-bond donors (Lipinski definition) is 2. The summed E-state index contributed by atoms with van der Waals surface area (Å²) in [4.78, 5) is 14.7. The Balaban J connectivity index is 1.86. The zero-order valence-corrected chi connectivity index (χ0v) is 15.1. The summed E-state index contributed by atoms with van der Waals surface area (Å²) in [6.45, 7) is 5.13. The molecule has 1 aliphatic rings. The average molecular weight is 390 g/mol. The summed E-state index contributed by atoms with van der Waals surface area (Å²) in [5, 5.41) is 2.92. The van der Waals surface area contributed by atoms with Crippen LogP contribution < -0.4 is 16.0 Å². The highest BCUT2D eigenvalue weighted by atomic mass is 79.9. The van der Waals surface area contributed by atoms with Crippen LogP contribution in [0, 0.1) is 6.92 Å². The molecule has 1 saturated heterocycles. The first-order valence-electron chi connectivity index (χ1n) is 7.84. The van der Waals surface area contributed by atoms with Gasteiger partial charge in [0.25, 0.3) is 5.91 Å². The molecule has 0 spiro atoms. The number of ether oxygens (including phenoxy) is 1. The number of carbonyl (C=O) groups excluding carboxylic acids is 1. The third-order valence-corrected chi connectivity index (χ3v) is 4.55. The SMILES string of the molecule is Cc1cc(N)c(NC(=O)c2cccc(Br)c2)cc1N1CCOCC1. The van der Waals surface area contributed by atoms with Gasteiger partial charge in [-0.15, -0.1) is 0 Å². The topological polar surface area (TPSA) is 67.6 Å². The Kier molecular flexibility index (Phi) is 5.06. The maximum Gasteiger partial charge on any atom is 0.255 e. The van der Waals surface area contributed by atoms with Crippen molar-refractivity contribution in [1.82, 2.24) is 0 Å². The molecule has 1 aliphatic heterocycles. The second kappa shape index (κ2) is 7.23. The summed E-state index contributed by atoms with van der Waals surface area (Å²) in [5.74, 6) is -0.181. The molecule has 0 aliphatic carbocycles. The van der Waals surface area contributed by atoms with Crippen molar-refractivity contribution in [2.45, 2.75) is 6.92 Å². The van der Waals surface area contributed by atoms with Gasteiger partial charge in [0.1, 0.15) is 0 Å². The van der Waals surface area contributed by atoms with Crippen LogP contribution >= 0.6 is 15.9 Å². The minimum absolute atomic E-state index is 0.181. The predicted octanol–water partition coefficient (Wildman–Crippen LogP) is 3.43. The quantitative estimate of drug-likeness (QED) is 0.789. The standard InChI is InChI=1S/C18H20BrN3O2/c1-12-9-15(20)16(11-17(12)22-5-7-24-8-6-22)21-18(23)13-3-2-4-14(19)10-13/h2-4,9-11H,5-8,20H2,1H3,(H,21,23). The van der Waals surface area contributed by atoms with Crippen LogP contribution in [0.25, 0.3) is 0 Å². The van der Waals surface area contributed by atoms with Crippen LogP contribution in [-0.2, 0) is 4.74 Å². The predicted molar refractivity (Wildman–Crippen MR) is 101 cm³/mol. The van der Waals surface area contributed by atoms with Crippen molar-refractivity contribution < 1.29 is 9.53 Å². The number of nitrogen functional groups attached to an aromatic ring is 1.